The van der Waals surface area contributed by atoms with Crippen LogP contribution in [0.5, 0.6) is 0 Å². The van der Waals surface area contributed by atoms with Crippen molar-refractivity contribution in [3.63, 3.8) is 0 Å². The van der Waals surface area contributed by atoms with E-state index < -0.39 is 9.84 Å². The minimum atomic E-state index is -3.51. The van der Waals surface area contributed by atoms with Crippen LogP contribution in [0, 0.1) is 6.92 Å². The van der Waals surface area contributed by atoms with E-state index in [1.165, 1.54) is 11.8 Å². The molecule has 6 heteroatoms. The Morgan fingerprint density at radius 1 is 0.964 bits per heavy atom. The molecule has 0 bridgehead atoms. The molecule has 3 rings (SSSR count). The number of hydrogen-bond donors (Lipinski definition) is 0. The van der Waals surface area contributed by atoms with Crippen molar-refractivity contribution in [2.24, 2.45) is 0 Å². The maximum Gasteiger partial charge on any atom is 0.212 e. The van der Waals surface area contributed by atoms with Crippen LogP contribution < -0.4 is 4.90 Å². The van der Waals surface area contributed by atoms with Crippen molar-refractivity contribution >= 4 is 44.7 Å². The molecule has 0 amide bonds. The monoisotopic (exact) mass is 429 g/mol. The molecule has 146 valence electrons. The lowest BCUT2D eigenvalue weighted by atomic mass is 10.1. The zero-order valence-electron chi connectivity index (χ0n) is 16.3. The SMILES string of the molecule is CSC(=Cc1ccc(-c2ccc(N(C)C)cc2)s1)S(=O)(=O)c1ccc(C)cc1. The number of sulfone groups is 1. The van der Waals surface area contributed by atoms with Crippen LogP contribution in [0.4, 0.5) is 5.69 Å². The lowest BCUT2D eigenvalue weighted by Gasteiger charge is -2.12. The molecule has 3 nitrogen and oxygen atoms in total. The minimum absolute atomic E-state index is 0.328. The predicted molar refractivity (Wildman–Crippen MR) is 124 cm³/mol. The van der Waals surface area contributed by atoms with E-state index in [4.69, 9.17) is 0 Å². The second-order valence-corrected chi connectivity index (χ2v) is 10.8. The summed E-state index contributed by atoms with van der Waals surface area (Å²) in [6.45, 7) is 1.94. The van der Waals surface area contributed by atoms with Crippen LogP contribution in [-0.2, 0) is 9.84 Å². The van der Waals surface area contributed by atoms with Crippen molar-refractivity contribution in [3.8, 4) is 10.4 Å². The van der Waals surface area contributed by atoms with E-state index in [1.807, 2.05) is 45.3 Å². The average Bonchev–Trinajstić information content (AvgIpc) is 3.15. The van der Waals surface area contributed by atoms with Gasteiger partial charge in [-0.15, -0.1) is 23.1 Å². The standard InChI is InChI=1S/C22H23NO2S3/c1-16-5-12-20(13-6-16)28(24,25)22(26-4)15-19-11-14-21(27-19)17-7-9-18(10-8-17)23(2)3/h5-15H,1-4H3. The molecule has 0 radical (unpaired) electrons. The van der Waals surface area contributed by atoms with Crippen molar-refractivity contribution in [3.05, 3.63) is 75.3 Å². The van der Waals surface area contributed by atoms with Gasteiger partial charge in [0.2, 0.25) is 9.84 Å². The normalized spacial score (nSPS) is 12.2. The molecular weight excluding hydrogens is 406 g/mol. The number of thiophene rings is 1. The van der Waals surface area contributed by atoms with Crippen LogP contribution in [0.1, 0.15) is 10.4 Å². The van der Waals surface area contributed by atoms with Crippen LogP contribution in [-0.4, -0.2) is 28.8 Å². The molecule has 2 aromatic carbocycles. The number of nitrogens with zero attached hydrogens (tertiary/aromatic N) is 1. The summed E-state index contributed by atoms with van der Waals surface area (Å²) in [5.41, 5.74) is 3.31. The molecule has 0 fully saturated rings. The molecule has 0 saturated heterocycles. The number of benzene rings is 2. The van der Waals surface area contributed by atoms with Crippen LogP contribution in [0.3, 0.4) is 0 Å². The van der Waals surface area contributed by atoms with Gasteiger partial charge in [-0.05, 0) is 61.2 Å². The molecule has 3 aromatic rings. The first-order chi connectivity index (χ1) is 13.3. The molecule has 1 heterocycles. The van der Waals surface area contributed by atoms with Gasteiger partial charge in [-0.3, -0.25) is 0 Å². The van der Waals surface area contributed by atoms with E-state index in [1.54, 1.807) is 35.8 Å². The third kappa shape index (κ3) is 4.51. The van der Waals surface area contributed by atoms with E-state index in [-0.39, 0.29) is 0 Å². The van der Waals surface area contributed by atoms with Gasteiger partial charge in [-0.1, -0.05) is 29.8 Å². The van der Waals surface area contributed by atoms with Gasteiger partial charge in [0.15, 0.2) is 0 Å². The maximum atomic E-state index is 13.0. The Kier molecular flexibility index (Phi) is 6.33. The molecule has 0 spiro atoms. The molecule has 28 heavy (non-hydrogen) atoms. The summed E-state index contributed by atoms with van der Waals surface area (Å²) in [6.07, 6.45) is 3.56. The fourth-order valence-corrected chi connectivity index (χ4v) is 6.23. The van der Waals surface area contributed by atoms with Gasteiger partial charge in [0.25, 0.3) is 0 Å². The van der Waals surface area contributed by atoms with Crippen molar-refractivity contribution < 1.29 is 8.42 Å². The molecular formula is C22H23NO2S3. The van der Waals surface area contributed by atoms with Crippen LogP contribution in [0.15, 0.2) is 69.8 Å². The van der Waals surface area contributed by atoms with E-state index in [9.17, 15) is 8.42 Å². The third-order valence-electron chi connectivity index (χ3n) is 4.35. The predicted octanol–water partition coefficient (Wildman–Crippen LogP) is 5.92. The van der Waals surface area contributed by atoms with Gasteiger partial charge in [-0.2, -0.15) is 0 Å². The largest absolute Gasteiger partial charge is 0.378 e. The van der Waals surface area contributed by atoms with E-state index in [0.717, 1.165) is 26.6 Å². The molecule has 0 unspecified atom stereocenters. The number of aryl methyl sites for hydroxylation is 1. The summed E-state index contributed by atoms with van der Waals surface area (Å²) in [6, 6.07) is 19.3. The Labute approximate surface area is 175 Å². The Morgan fingerprint density at radius 3 is 2.18 bits per heavy atom. The molecule has 0 saturated carbocycles. The fourth-order valence-electron chi connectivity index (χ4n) is 2.71. The van der Waals surface area contributed by atoms with Gasteiger partial charge >= 0.3 is 0 Å². The highest BCUT2D eigenvalue weighted by Gasteiger charge is 2.20. The first-order valence-corrected chi connectivity index (χ1v) is 12.3. The Morgan fingerprint density at radius 2 is 1.61 bits per heavy atom. The van der Waals surface area contributed by atoms with Crippen molar-refractivity contribution in [2.75, 3.05) is 25.3 Å². The van der Waals surface area contributed by atoms with E-state index in [0.29, 0.717) is 9.13 Å². The second-order valence-electron chi connectivity index (χ2n) is 6.63. The molecule has 0 aliphatic rings. The van der Waals surface area contributed by atoms with Crippen molar-refractivity contribution in [1.29, 1.82) is 0 Å². The Hall–Kier alpha value is -2.02. The van der Waals surface area contributed by atoms with Crippen LogP contribution in [0.2, 0.25) is 0 Å². The number of rotatable bonds is 6. The van der Waals surface area contributed by atoms with Crippen molar-refractivity contribution in [1.82, 2.24) is 0 Å². The number of hydrogen-bond acceptors (Lipinski definition) is 5. The summed E-state index contributed by atoms with van der Waals surface area (Å²) < 4.78 is 26.3. The lowest BCUT2D eigenvalue weighted by Crippen LogP contribution is -2.07. The summed E-state index contributed by atoms with van der Waals surface area (Å²) in [5, 5.41) is 0. The quantitative estimate of drug-likeness (QED) is 0.487. The third-order valence-corrected chi connectivity index (χ3v) is 8.65. The van der Waals surface area contributed by atoms with Gasteiger partial charge in [0.05, 0.1) is 4.90 Å². The summed E-state index contributed by atoms with van der Waals surface area (Å²) in [7, 11) is 0.519. The van der Waals surface area contributed by atoms with Crippen molar-refractivity contribution in [2.45, 2.75) is 11.8 Å². The smallest absolute Gasteiger partial charge is 0.212 e. The molecule has 0 N–H and O–H groups in total. The van der Waals surface area contributed by atoms with Crippen LogP contribution in [0.25, 0.3) is 16.5 Å². The first kappa shape index (κ1) is 20.7. The Balaban J connectivity index is 1.90. The minimum Gasteiger partial charge on any atom is -0.378 e. The Bertz CT molecular complexity index is 1080. The summed E-state index contributed by atoms with van der Waals surface area (Å²) >= 11 is 2.85. The summed E-state index contributed by atoms with van der Waals surface area (Å²) in [5.74, 6) is 0. The summed E-state index contributed by atoms with van der Waals surface area (Å²) in [4.78, 5) is 4.43. The fraction of sp³-hybridized carbons (Fsp3) is 0.182. The zero-order chi connectivity index (χ0) is 20.3. The van der Waals surface area contributed by atoms with Crippen LogP contribution >= 0.6 is 23.1 Å². The highest BCUT2D eigenvalue weighted by Crippen LogP contribution is 2.34. The second kappa shape index (κ2) is 8.55. The highest BCUT2D eigenvalue weighted by molar-refractivity contribution is 8.18. The molecule has 0 atom stereocenters. The van der Waals surface area contributed by atoms with Gasteiger partial charge in [0, 0.05) is 29.5 Å². The maximum absolute atomic E-state index is 13.0. The highest BCUT2D eigenvalue weighted by atomic mass is 32.3. The first-order valence-electron chi connectivity index (χ1n) is 8.76. The van der Waals surface area contributed by atoms with Gasteiger partial charge in [0.1, 0.15) is 4.24 Å². The average molecular weight is 430 g/mol. The van der Waals surface area contributed by atoms with E-state index in [2.05, 4.69) is 29.2 Å². The molecule has 0 aliphatic carbocycles. The number of anilines is 1. The lowest BCUT2D eigenvalue weighted by molar-refractivity contribution is 0.604. The van der Waals surface area contributed by atoms with Gasteiger partial charge in [-0.25, -0.2) is 8.42 Å². The van der Waals surface area contributed by atoms with Gasteiger partial charge < -0.3 is 4.90 Å². The van der Waals surface area contributed by atoms with E-state index >= 15 is 0 Å². The zero-order valence-corrected chi connectivity index (χ0v) is 18.8. The number of thioether (sulfide) groups is 1. The topological polar surface area (TPSA) is 37.4 Å². The molecule has 0 aliphatic heterocycles. The molecule has 1 aromatic heterocycles.